The summed E-state index contributed by atoms with van der Waals surface area (Å²) in [5.74, 6) is 0.723. The average Bonchev–Trinajstić information content (AvgIpc) is 2.89. The number of fused-ring (bicyclic) bond motifs is 1. The number of aromatic nitrogens is 1. The molecular weight excluding hydrogens is 325 g/mol. The lowest BCUT2D eigenvalue weighted by Crippen LogP contribution is -2.42. The summed E-state index contributed by atoms with van der Waals surface area (Å²) in [5.41, 5.74) is 2.77. The molecule has 0 saturated carbocycles. The third-order valence-electron chi connectivity index (χ3n) is 3.63. The molecule has 2 heterocycles. The molecule has 3 rings (SSSR count). The van der Waals surface area contributed by atoms with Crippen LogP contribution in [0.5, 0.6) is 0 Å². The molecule has 5 nitrogen and oxygen atoms in total. The zero-order chi connectivity index (χ0) is 15.7. The number of hydrogen-bond donors (Lipinski definition) is 1. The summed E-state index contributed by atoms with van der Waals surface area (Å²) in [7, 11) is 0. The van der Waals surface area contributed by atoms with Crippen molar-refractivity contribution in [3.05, 3.63) is 50.8 Å². The molecule has 0 fully saturated rings. The fourth-order valence-electron chi connectivity index (χ4n) is 2.56. The molecule has 22 heavy (non-hydrogen) atoms. The van der Waals surface area contributed by atoms with Gasteiger partial charge < -0.3 is 14.7 Å². The van der Waals surface area contributed by atoms with E-state index >= 15 is 0 Å². The molecule has 0 atom stereocenters. The molecule has 1 N–H and O–H groups in total. The Balaban J connectivity index is 1.65. The number of hydrogen-bond acceptors (Lipinski definition) is 3. The van der Waals surface area contributed by atoms with Gasteiger partial charge in [-0.05, 0) is 36.6 Å². The van der Waals surface area contributed by atoms with Gasteiger partial charge in [-0.2, -0.15) is 0 Å². The summed E-state index contributed by atoms with van der Waals surface area (Å²) in [6, 6.07) is 5.27. The van der Waals surface area contributed by atoms with Crippen LogP contribution in [0, 0.1) is 6.92 Å². The van der Waals surface area contributed by atoms with Crippen LogP contribution in [0.4, 0.5) is 4.79 Å². The van der Waals surface area contributed by atoms with Crippen molar-refractivity contribution in [1.82, 2.24) is 15.4 Å². The quantitative estimate of drug-likeness (QED) is 0.909. The minimum absolute atomic E-state index is 0.137. The van der Waals surface area contributed by atoms with Crippen LogP contribution < -0.4 is 5.32 Å². The number of halogens is 2. The van der Waals surface area contributed by atoms with E-state index in [9.17, 15) is 4.79 Å². The highest BCUT2D eigenvalue weighted by Crippen LogP contribution is 2.29. The van der Waals surface area contributed by atoms with Crippen molar-refractivity contribution in [2.24, 2.45) is 0 Å². The van der Waals surface area contributed by atoms with Crippen LogP contribution in [-0.4, -0.2) is 22.6 Å². The Morgan fingerprint density at radius 3 is 2.95 bits per heavy atom. The van der Waals surface area contributed by atoms with Gasteiger partial charge in [-0.15, -0.1) is 0 Å². The molecule has 2 amide bonds. The van der Waals surface area contributed by atoms with Crippen LogP contribution in [0.2, 0.25) is 10.0 Å². The Hall–Kier alpha value is -1.72. The maximum absolute atomic E-state index is 12.2. The van der Waals surface area contributed by atoms with E-state index in [1.54, 1.807) is 17.0 Å². The second kappa shape index (κ2) is 6.18. The molecule has 0 radical (unpaired) electrons. The third kappa shape index (κ3) is 3.20. The molecule has 0 unspecified atom stereocenters. The zero-order valence-corrected chi connectivity index (χ0v) is 13.5. The molecule has 2 aromatic rings. The number of benzene rings is 1. The number of nitrogens with one attached hydrogen (secondary N) is 1. The van der Waals surface area contributed by atoms with Gasteiger partial charge in [-0.25, -0.2) is 4.79 Å². The van der Waals surface area contributed by atoms with Gasteiger partial charge in [0.05, 0.1) is 6.54 Å². The third-order valence-corrected chi connectivity index (χ3v) is 4.19. The van der Waals surface area contributed by atoms with E-state index in [4.69, 9.17) is 27.7 Å². The molecule has 116 valence electrons. The lowest BCUT2D eigenvalue weighted by molar-refractivity contribution is 0.191. The summed E-state index contributed by atoms with van der Waals surface area (Å²) in [4.78, 5) is 14.0. The summed E-state index contributed by atoms with van der Waals surface area (Å²) >= 11 is 12.2. The van der Waals surface area contributed by atoms with E-state index < -0.39 is 0 Å². The fourth-order valence-corrected chi connectivity index (χ4v) is 3.19. The first kappa shape index (κ1) is 15.2. The van der Waals surface area contributed by atoms with Crippen molar-refractivity contribution in [3.8, 4) is 0 Å². The van der Waals surface area contributed by atoms with Gasteiger partial charge >= 0.3 is 6.03 Å². The Morgan fingerprint density at radius 2 is 2.23 bits per heavy atom. The summed E-state index contributed by atoms with van der Waals surface area (Å²) in [6.45, 7) is 3.28. The SMILES string of the molecule is Cc1cc(CNC(=O)N2CCc3c(Cl)cc(Cl)cc3C2)no1. The highest BCUT2D eigenvalue weighted by Gasteiger charge is 2.22. The van der Waals surface area contributed by atoms with Gasteiger partial charge in [0.2, 0.25) is 0 Å². The van der Waals surface area contributed by atoms with E-state index in [1.807, 2.05) is 13.0 Å². The Bertz CT molecular complexity index is 715. The second-order valence-corrected chi connectivity index (χ2v) is 6.13. The first-order chi connectivity index (χ1) is 10.5. The van der Waals surface area contributed by atoms with Gasteiger partial charge in [0.1, 0.15) is 11.5 Å². The standard InChI is InChI=1S/C15H15Cl2N3O2/c1-9-4-12(19-22-9)7-18-15(21)20-3-2-13-10(8-20)5-11(16)6-14(13)17/h4-6H,2-3,7-8H2,1H3,(H,18,21). The molecule has 7 heteroatoms. The first-order valence-corrected chi connectivity index (χ1v) is 7.70. The monoisotopic (exact) mass is 339 g/mol. The molecule has 0 spiro atoms. The molecule has 1 aliphatic heterocycles. The van der Waals surface area contributed by atoms with Gasteiger partial charge in [0.25, 0.3) is 0 Å². The molecule has 1 aromatic heterocycles. The summed E-state index contributed by atoms with van der Waals surface area (Å²) < 4.78 is 4.97. The normalized spacial score (nSPS) is 13.9. The van der Waals surface area contributed by atoms with Crippen LogP contribution in [0.3, 0.4) is 0 Å². The number of aryl methyl sites for hydroxylation is 1. The average molecular weight is 340 g/mol. The van der Waals surface area contributed by atoms with Crippen LogP contribution in [-0.2, 0) is 19.5 Å². The molecule has 1 aromatic carbocycles. The van der Waals surface area contributed by atoms with E-state index in [0.717, 1.165) is 23.3 Å². The smallest absolute Gasteiger partial charge is 0.318 e. The van der Waals surface area contributed by atoms with Gasteiger partial charge in [0.15, 0.2) is 0 Å². The largest absolute Gasteiger partial charge is 0.361 e. The van der Waals surface area contributed by atoms with Gasteiger partial charge in [-0.1, -0.05) is 28.4 Å². The predicted molar refractivity (Wildman–Crippen MR) is 84.1 cm³/mol. The van der Waals surface area contributed by atoms with Crippen LogP contribution in [0.25, 0.3) is 0 Å². The molecule has 0 aliphatic carbocycles. The lowest BCUT2D eigenvalue weighted by atomic mass is 10.00. The number of urea groups is 1. The maximum atomic E-state index is 12.2. The minimum atomic E-state index is -0.137. The van der Waals surface area contributed by atoms with Gasteiger partial charge in [0, 0.05) is 29.2 Å². The van der Waals surface area contributed by atoms with Gasteiger partial charge in [-0.3, -0.25) is 0 Å². The van der Waals surface area contributed by atoms with Crippen LogP contribution in [0.15, 0.2) is 22.7 Å². The van der Waals surface area contributed by atoms with E-state index in [-0.39, 0.29) is 6.03 Å². The van der Waals surface area contributed by atoms with Crippen LogP contribution in [0.1, 0.15) is 22.6 Å². The zero-order valence-electron chi connectivity index (χ0n) is 12.0. The number of rotatable bonds is 2. The van der Waals surface area contributed by atoms with Crippen molar-refractivity contribution in [1.29, 1.82) is 0 Å². The van der Waals surface area contributed by atoms with E-state index in [0.29, 0.717) is 35.4 Å². The Labute approximate surface area is 138 Å². The van der Waals surface area contributed by atoms with Crippen molar-refractivity contribution in [2.45, 2.75) is 26.4 Å². The summed E-state index contributed by atoms with van der Waals surface area (Å²) in [5, 5.41) is 7.94. The Morgan fingerprint density at radius 1 is 1.41 bits per heavy atom. The molecule has 1 aliphatic rings. The molecule has 0 saturated heterocycles. The second-order valence-electron chi connectivity index (χ2n) is 5.28. The number of carbonyl (C=O) groups is 1. The molecular formula is C15H15Cl2N3O2. The first-order valence-electron chi connectivity index (χ1n) is 6.94. The number of carbonyl (C=O) groups excluding carboxylic acids is 1. The van der Waals surface area contributed by atoms with Crippen molar-refractivity contribution < 1.29 is 9.32 Å². The van der Waals surface area contributed by atoms with E-state index in [1.165, 1.54) is 0 Å². The van der Waals surface area contributed by atoms with Crippen molar-refractivity contribution in [2.75, 3.05) is 6.54 Å². The van der Waals surface area contributed by atoms with Crippen molar-refractivity contribution >= 4 is 29.2 Å². The highest BCUT2D eigenvalue weighted by molar-refractivity contribution is 6.35. The highest BCUT2D eigenvalue weighted by atomic mass is 35.5. The lowest BCUT2D eigenvalue weighted by Gasteiger charge is -2.29. The topological polar surface area (TPSA) is 58.4 Å². The number of amides is 2. The fraction of sp³-hybridized carbons (Fsp3) is 0.333. The number of nitrogens with zero attached hydrogens (tertiary/aromatic N) is 2. The van der Waals surface area contributed by atoms with Crippen molar-refractivity contribution in [3.63, 3.8) is 0 Å². The predicted octanol–water partition coefficient (Wildman–Crippen LogP) is 3.56. The Kier molecular flexibility index (Phi) is 4.27. The van der Waals surface area contributed by atoms with E-state index in [2.05, 4.69) is 10.5 Å². The summed E-state index contributed by atoms with van der Waals surface area (Å²) in [6.07, 6.45) is 0.724. The molecule has 0 bridgehead atoms. The minimum Gasteiger partial charge on any atom is -0.361 e. The van der Waals surface area contributed by atoms with Crippen LogP contribution >= 0.6 is 23.2 Å². The maximum Gasteiger partial charge on any atom is 0.318 e.